The van der Waals surface area contributed by atoms with Crippen LogP contribution < -0.4 is 10.5 Å². The van der Waals surface area contributed by atoms with Gasteiger partial charge in [0.25, 0.3) is 10.0 Å². The predicted molar refractivity (Wildman–Crippen MR) is 134 cm³/mol. The zero-order chi connectivity index (χ0) is 25.2. The number of sulfonamides is 1. The van der Waals surface area contributed by atoms with Crippen molar-refractivity contribution in [1.29, 1.82) is 5.41 Å². The van der Waals surface area contributed by atoms with Crippen molar-refractivity contribution < 1.29 is 18.3 Å². The van der Waals surface area contributed by atoms with Gasteiger partial charge in [-0.2, -0.15) is 0 Å². The first-order chi connectivity index (χ1) is 16.6. The second kappa shape index (κ2) is 9.59. The van der Waals surface area contributed by atoms with Crippen molar-refractivity contribution in [1.82, 2.24) is 9.55 Å². The number of hydrogen-bond donors (Lipinski definition) is 4. The summed E-state index contributed by atoms with van der Waals surface area (Å²) in [5.41, 5.74) is 9.34. The number of nitrogen functional groups attached to an aromatic ring is 1. The molecule has 10 heteroatoms. The number of amidine groups is 1. The largest absolute Gasteiger partial charge is 0.481 e. The fourth-order valence-corrected chi connectivity index (χ4v) is 5.22. The van der Waals surface area contributed by atoms with Gasteiger partial charge >= 0.3 is 5.97 Å². The summed E-state index contributed by atoms with van der Waals surface area (Å²) in [5, 5.41) is 16.6. The monoisotopic (exact) mass is 491 g/mol. The van der Waals surface area contributed by atoms with Gasteiger partial charge in [-0.1, -0.05) is 42.5 Å². The van der Waals surface area contributed by atoms with Crippen LogP contribution in [0.4, 0.5) is 5.69 Å². The highest BCUT2D eigenvalue weighted by molar-refractivity contribution is 7.92. The van der Waals surface area contributed by atoms with Crippen molar-refractivity contribution in [3.05, 3.63) is 89.2 Å². The van der Waals surface area contributed by atoms with E-state index in [9.17, 15) is 13.2 Å². The van der Waals surface area contributed by atoms with Crippen LogP contribution in [-0.2, 0) is 41.1 Å². The van der Waals surface area contributed by atoms with E-state index in [1.807, 2.05) is 35.9 Å². The van der Waals surface area contributed by atoms with E-state index in [0.717, 1.165) is 23.3 Å². The van der Waals surface area contributed by atoms with Gasteiger partial charge < -0.3 is 15.4 Å². The maximum absolute atomic E-state index is 13.0. The number of aliphatic carboxylic acids is 1. The number of rotatable bonds is 9. The van der Waals surface area contributed by atoms with Crippen LogP contribution in [0.15, 0.2) is 71.6 Å². The number of nitrogens with one attached hydrogen (secondary N) is 2. The van der Waals surface area contributed by atoms with Gasteiger partial charge in [0.15, 0.2) is 0 Å². The molecule has 3 aromatic carbocycles. The molecule has 5 N–H and O–H groups in total. The Balaban J connectivity index is 1.54. The molecule has 1 heterocycles. The van der Waals surface area contributed by atoms with E-state index in [0.29, 0.717) is 23.2 Å². The zero-order valence-corrected chi connectivity index (χ0v) is 19.8. The van der Waals surface area contributed by atoms with E-state index >= 15 is 0 Å². The number of carboxylic acid groups (broad SMARTS) is 1. The number of hydrogen-bond acceptors (Lipinski definition) is 5. The van der Waals surface area contributed by atoms with E-state index in [1.165, 1.54) is 12.1 Å². The van der Waals surface area contributed by atoms with Gasteiger partial charge in [-0.15, -0.1) is 0 Å². The lowest BCUT2D eigenvalue weighted by Gasteiger charge is -2.11. The minimum absolute atomic E-state index is 0.0312. The Bertz CT molecular complexity index is 1530. The first-order valence-electron chi connectivity index (χ1n) is 10.9. The number of carbonyl (C=O) groups is 1. The highest BCUT2D eigenvalue weighted by atomic mass is 32.2. The number of nitrogens with two attached hydrogens (primary N) is 1. The molecule has 0 bridgehead atoms. The van der Waals surface area contributed by atoms with Crippen LogP contribution in [0.3, 0.4) is 0 Å². The molecule has 180 valence electrons. The van der Waals surface area contributed by atoms with Crippen molar-refractivity contribution >= 4 is 38.5 Å². The summed E-state index contributed by atoms with van der Waals surface area (Å²) in [6, 6.07) is 18.7. The van der Waals surface area contributed by atoms with Crippen molar-refractivity contribution in [2.75, 3.05) is 4.72 Å². The van der Waals surface area contributed by atoms with Gasteiger partial charge in [-0.3, -0.25) is 14.9 Å². The summed E-state index contributed by atoms with van der Waals surface area (Å²) in [4.78, 5) is 15.8. The third-order valence-electron chi connectivity index (χ3n) is 5.73. The smallest absolute Gasteiger partial charge is 0.307 e. The fourth-order valence-electron chi connectivity index (χ4n) is 3.93. The normalized spacial score (nSPS) is 11.5. The van der Waals surface area contributed by atoms with Crippen LogP contribution >= 0.6 is 0 Å². The molecule has 0 radical (unpaired) electrons. The Hall–Kier alpha value is -4.18. The number of aromatic nitrogens is 2. The lowest BCUT2D eigenvalue weighted by atomic mass is 10.1. The number of imidazole rings is 1. The summed E-state index contributed by atoms with van der Waals surface area (Å²) in [7, 11) is -2.08. The third kappa shape index (κ3) is 5.33. The minimum Gasteiger partial charge on any atom is -0.481 e. The summed E-state index contributed by atoms with van der Waals surface area (Å²) >= 11 is 0. The molecule has 0 aliphatic carbocycles. The molecule has 4 rings (SSSR count). The summed E-state index contributed by atoms with van der Waals surface area (Å²) < 4.78 is 30.5. The van der Waals surface area contributed by atoms with E-state index in [2.05, 4.69) is 9.71 Å². The maximum Gasteiger partial charge on any atom is 0.307 e. The number of aryl methyl sites for hydroxylation is 3. The second-order valence-corrected chi connectivity index (χ2v) is 9.84. The number of nitrogens with zero attached hydrogens (tertiary/aromatic N) is 2. The first kappa shape index (κ1) is 24.0. The summed E-state index contributed by atoms with van der Waals surface area (Å²) in [6.07, 6.45) is 1.03. The van der Waals surface area contributed by atoms with Crippen molar-refractivity contribution in [2.45, 2.75) is 24.2 Å². The van der Waals surface area contributed by atoms with Crippen LogP contribution in [0, 0.1) is 5.41 Å². The van der Waals surface area contributed by atoms with E-state index in [4.69, 9.17) is 16.2 Å². The summed E-state index contributed by atoms with van der Waals surface area (Å²) in [5.74, 6) is -0.226. The lowest BCUT2D eigenvalue weighted by Crippen LogP contribution is -2.16. The number of carboxylic acids is 1. The topological polar surface area (TPSA) is 151 Å². The quantitative estimate of drug-likeness (QED) is 0.209. The molecular weight excluding hydrogens is 466 g/mol. The van der Waals surface area contributed by atoms with Gasteiger partial charge in [0.05, 0.1) is 28.0 Å². The highest BCUT2D eigenvalue weighted by Crippen LogP contribution is 2.24. The Morgan fingerprint density at radius 2 is 1.80 bits per heavy atom. The number of benzene rings is 3. The van der Waals surface area contributed by atoms with Gasteiger partial charge in [-0.25, -0.2) is 13.4 Å². The van der Waals surface area contributed by atoms with Crippen molar-refractivity contribution in [2.24, 2.45) is 12.8 Å². The number of anilines is 1. The molecule has 0 fully saturated rings. The van der Waals surface area contributed by atoms with Crippen LogP contribution in [0.25, 0.3) is 11.0 Å². The van der Waals surface area contributed by atoms with Gasteiger partial charge in [0.2, 0.25) is 0 Å². The Morgan fingerprint density at radius 1 is 1.09 bits per heavy atom. The second-order valence-electron chi connectivity index (χ2n) is 8.18. The standard InChI is InChI=1S/C25H25N5O4S/c1-30-21-12-11-19(29-35(33,34)22-5-3-2-4-18(22)14-24(31)32)15-20(21)28-23(30)13-8-16-6-9-17(10-7-16)25(26)27/h2-7,9-12,15,29H,8,13-14H2,1H3,(H3,26,27)(H,31,32). The van der Waals surface area contributed by atoms with E-state index in [1.54, 1.807) is 30.3 Å². The molecule has 9 nitrogen and oxygen atoms in total. The summed E-state index contributed by atoms with van der Waals surface area (Å²) in [6.45, 7) is 0. The molecule has 0 saturated carbocycles. The molecule has 0 saturated heterocycles. The molecule has 4 aromatic rings. The lowest BCUT2D eigenvalue weighted by molar-refractivity contribution is -0.136. The molecule has 0 spiro atoms. The molecule has 0 aliphatic rings. The van der Waals surface area contributed by atoms with Crippen LogP contribution in [0.5, 0.6) is 0 Å². The van der Waals surface area contributed by atoms with E-state index < -0.39 is 22.4 Å². The molecule has 1 aromatic heterocycles. The molecule has 0 unspecified atom stereocenters. The van der Waals surface area contributed by atoms with Crippen molar-refractivity contribution in [3.8, 4) is 0 Å². The molecule has 0 amide bonds. The zero-order valence-electron chi connectivity index (χ0n) is 19.0. The molecular formula is C25H25N5O4S. The first-order valence-corrected chi connectivity index (χ1v) is 12.3. The van der Waals surface area contributed by atoms with Crippen LogP contribution in [-0.4, -0.2) is 34.9 Å². The Morgan fingerprint density at radius 3 is 2.49 bits per heavy atom. The predicted octanol–water partition coefficient (Wildman–Crippen LogP) is 3.07. The SMILES string of the molecule is Cn1c(CCc2ccc(C(=N)N)cc2)nc2cc(NS(=O)(=O)c3ccccc3CC(=O)O)ccc21. The van der Waals surface area contributed by atoms with Crippen LogP contribution in [0.1, 0.15) is 22.5 Å². The Labute approximate surface area is 202 Å². The average molecular weight is 492 g/mol. The molecule has 35 heavy (non-hydrogen) atoms. The average Bonchev–Trinajstić information content (AvgIpc) is 3.12. The van der Waals surface area contributed by atoms with Gasteiger partial charge in [-0.05, 0) is 41.8 Å². The fraction of sp³-hybridized carbons (Fsp3) is 0.160. The van der Waals surface area contributed by atoms with Gasteiger partial charge in [0, 0.05) is 19.0 Å². The van der Waals surface area contributed by atoms with E-state index in [-0.39, 0.29) is 16.3 Å². The minimum atomic E-state index is -3.99. The number of fused-ring (bicyclic) bond motifs is 1. The third-order valence-corrected chi connectivity index (χ3v) is 7.21. The highest BCUT2D eigenvalue weighted by Gasteiger charge is 2.20. The van der Waals surface area contributed by atoms with Gasteiger partial charge in [0.1, 0.15) is 11.7 Å². The van der Waals surface area contributed by atoms with Crippen LogP contribution in [0.2, 0.25) is 0 Å². The maximum atomic E-state index is 13.0. The molecule has 0 atom stereocenters. The van der Waals surface area contributed by atoms with Crippen molar-refractivity contribution in [3.63, 3.8) is 0 Å². The molecule has 0 aliphatic heterocycles. The Kier molecular flexibility index (Phi) is 6.57.